The van der Waals surface area contributed by atoms with Crippen LogP contribution in [0.5, 0.6) is 5.75 Å². The quantitative estimate of drug-likeness (QED) is 0.538. The zero-order valence-electron chi connectivity index (χ0n) is 18.4. The smallest absolute Gasteiger partial charge is 0.230 e. The van der Waals surface area contributed by atoms with Crippen molar-refractivity contribution in [3.8, 4) is 17.1 Å². The number of benzene rings is 1. The van der Waals surface area contributed by atoms with Gasteiger partial charge < -0.3 is 14.6 Å². The van der Waals surface area contributed by atoms with Crippen molar-refractivity contribution in [1.82, 2.24) is 20.1 Å². The number of rotatable bonds is 11. The molecule has 0 spiro atoms. The minimum atomic E-state index is 0.0383. The third kappa shape index (κ3) is 7.38. The number of amides is 1. The van der Waals surface area contributed by atoms with Gasteiger partial charge in [0, 0.05) is 18.2 Å². The van der Waals surface area contributed by atoms with E-state index < -0.39 is 0 Å². The Hall–Kier alpha value is -2.02. The number of thioether (sulfide) groups is 1. The van der Waals surface area contributed by atoms with Crippen LogP contribution in [0, 0.1) is 11.8 Å². The fourth-order valence-electron chi connectivity index (χ4n) is 2.98. The van der Waals surface area contributed by atoms with Crippen molar-refractivity contribution in [3.63, 3.8) is 0 Å². The summed E-state index contributed by atoms with van der Waals surface area (Å²) >= 11 is 1.44. The van der Waals surface area contributed by atoms with E-state index in [0.717, 1.165) is 41.7 Å². The van der Waals surface area contributed by atoms with E-state index in [0.29, 0.717) is 17.6 Å². The first kappa shape index (κ1) is 23.3. The van der Waals surface area contributed by atoms with Gasteiger partial charge >= 0.3 is 0 Å². The van der Waals surface area contributed by atoms with E-state index in [9.17, 15) is 4.79 Å². The molecule has 1 N–H and O–H groups in total. The van der Waals surface area contributed by atoms with Crippen LogP contribution in [-0.4, -0.2) is 39.6 Å². The van der Waals surface area contributed by atoms with Crippen molar-refractivity contribution < 1.29 is 9.53 Å². The summed E-state index contributed by atoms with van der Waals surface area (Å²) in [5, 5.41) is 12.6. The van der Waals surface area contributed by atoms with Crippen molar-refractivity contribution in [2.24, 2.45) is 11.8 Å². The highest BCUT2D eigenvalue weighted by Gasteiger charge is 2.17. The first-order valence-electron chi connectivity index (χ1n) is 10.3. The molecule has 0 aliphatic heterocycles. The third-order valence-corrected chi connectivity index (χ3v) is 5.50. The Morgan fingerprint density at radius 1 is 1.07 bits per heavy atom. The molecule has 0 radical (unpaired) electrons. The Kier molecular flexibility index (Phi) is 9.01. The molecule has 0 bridgehead atoms. The van der Waals surface area contributed by atoms with Crippen LogP contribution >= 0.6 is 11.8 Å². The van der Waals surface area contributed by atoms with Crippen molar-refractivity contribution in [2.45, 2.75) is 65.2 Å². The second-order valence-electron chi connectivity index (χ2n) is 8.27. The number of methoxy groups -OCH3 is 1. The van der Waals surface area contributed by atoms with Crippen LogP contribution in [0.2, 0.25) is 0 Å². The molecule has 29 heavy (non-hydrogen) atoms. The van der Waals surface area contributed by atoms with E-state index in [-0.39, 0.29) is 11.9 Å². The molecule has 2 aromatic rings. The Morgan fingerprint density at radius 3 is 2.34 bits per heavy atom. The largest absolute Gasteiger partial charge is 0.497 e. The molecule has 0 unspecified atom stereocenters. The van der Waals surface area contributed by atoms with Crippen molar-refractivity contribution >= 4 is 17.7 Å². The van der Waals surface area contributed by atoms with Crippen LogP contribution in [0.3, 0.4) is 0 Å². The topological polar surface area (TPSA) is 69.0 Å². The second kappa shape index (κ2) is 11.2. The summed E-state index contributed by atoms with van der Waals surface area (Å²) in [6, 6.07) is 7.99. The van der Waals surface area contributed by atoms with Gasteiger partial charge in [-0.05, 0) is 55.9 Å². The maximum absolute atomic E-state index is 12.3. The van der Waals surface area contributed by atoms with Gasteiger partial charge in [-0.2, -0.15) is 0 Å². The summed E-state index contributed by atoms with van der Waals surface area (Å²) in [6.45, 7) is 11.6. The highest BCUT2D eigenvalue weighted by atomic mass is 32.2. The van der Waals surface area contributed by atoms with Gasteiger partial charge in [0.25, 0.3) is 0 Å². The molecule has 1 atom stereocenters. The molecule has 1 heterocycles. The number of carbonyl (C=O) groups excluding carboxylic acids is 1. The maximum atomic E-state index is 12.3. The Morgan fingerprint density at radius 2 is 1.76 bits per heavy atom. The lowest BCUT2D eigenvalue weighted by Crippen LogP contribution is -2.34. The molecule has 160 valence electrons. The Balaban J connectivity index is 2.06. The highest BCUT2D eigenvalue weighted by molar-refractivity contribution is 7.99. The third-order valence-electron chi connectivity index (χ3n) is 4.53. The predicted molar refractivity (Wildman–Crippen MR) is 119 cm³/mol. The van der Waals surface area contributed by atoms with Gasteiger partial charge in [-0.1, -0.05) is 39.5 Å². The lowest BCUT2D eigenvalue weighted by atomic mass is 10.0. The SMILES string of the molecule is COc1ccc(-c2nnc(SCC(=O)N[C@H](C)CCC(C)C)n2CC(C)C)cc1. The lowest BCUT2D eigenvalue weighted by Gasteiger charge is -2.15. The van der Waals surface area contributed by atoms with Gasteiger partial charge in [0.2, 0.25) is 5.91 Å². The fraction of sp³-hybridized carbons (Fsp3) is 0.591. The Labute approximate surface area is 178 Å². The number of hydrogen-bond acceptors (Lipinski definition) is 5. The van der Waals surface area contributed by atoms with Gasteiger partial charge in [0.1, 0.15) is 5.75 Å². The molecule has 7 heteroatoms. The number of aromatic nitrogens is 3. The van der Waals surface area contributed by atoms with Crippen LogP contribution in [-0.2, 0) is 11.3 Å². The number of ether oxygens (including phenoxy) is 1. The highest BCUT2D eigenvalue weighted by Crippen LogP contribution is 2.26. The molecule has 2 rings (SSSR count). The molecular weight excluding hydrogens is 384 g/mol. The first-order valence-corrected chi connectivity index (χ1v) is 11.3. The summed E-state index contributed by atoms with van der Waals surface area (Å²) in [5.74, 6) is 3.08. The monoisotopic (exact) mass is 418 g/mol. The summed E-state index contributed by atoms with van der Waals surface area (Å²) in [7, 11) is 1.65. The van der Waals surface area contributed by atoms with Gasteiger partial charge in [0.15, 0.2) is 11.0 Å². The number of nitrogens with zero attached hydrogens (tertiary/aromatic N) is 3. The van der Waals surface area contributed by atoms with E-state index >= 15 is 0 Å². The number of hydrogen-bond donors (Lipinski definition) is 1. The minimum Gasteiger partial charge on any atom is -0.497 e. The first-order chi connectivity index (χ1) is 13.8. The van der Waals surface area contributed by atoms with E-state index in [2.05, 4.69) is 54.7 Å². The number of carbonyl (C=O) groups is 1. The normalized spacial score (nSPS) is 12.4. The van der Waals surface area contributed by atoms with Crippen LogP contribution in [0.1, 0.15) is 47.5 Å². The predicted octanol–water partition coefficient (Wildman–Crippen LogP) is 4.64. The van der Waals surface area contributed by atoms with Crippen molar-refractivity contribution in [3.05, 3.63) is 24.3 Å². The average Bonchev–Trinajstić information content (AvgIpc) is 3.06. The molecule has 0 aliphatic carbocycles. The van der Waals surface area contributed by atoms with Crippen LogP contribution in [0.4, 0.5) is 0 Å². The Bertz CT molecular complexity index is 772. The minimum absolute atomic E-state index is 0.0383. The van der Waals surface area contributed by atoms with E-state index in [1.807, 2.05) is 24.3 Å². The molecule has 0 fully saturated rings. The van der Waals surface area contributed by atoms with Crippen molar-refractivity contribution in [2.75, 3.05) is 12.9 Å². The van der Waals surface area contributed by atoms with Crippen LogP contribution in [0.25, 0.3) is 11.4 Å². The molecule has 0 aliphatic rings. The van der Waals surface area contributed by atoms with Gasteiger partial charge in [-0.15, -0.1) is 10.2 Å². The number of nitrogens with one attached hydrogen (secondary N) is 1. The standard InChI is InChI=1S/C22H34N4O2S/c1-15(2)7-8-17(5)23-20(27)14-29-22-25-24-21(26(22)13-16(3)4)18-9-11-19(28-6)12-10-18/h9-12,15-17H,7-8,13-14H2,1-6H3,(H,23,27)/t17-/m1/s1. The summed E-state index contributed by atoms with van der Waals surface area (Å²) in [5.41, 5.74) is 0.984. The van der Waals surface area contributed by atoms with Crippen LogP contribution in [0.15, 0.2) is 29.4 Å². The summed E-state index contributed by atoms with van der Waals surface area (Å²) in [4.78, 5) is 12.3. The molecule has 1 aromatic heterocycles. The molecule has 1 aromatic carbocycles. The van der Waals surface area contributed by atoms with Crippen LogP contribution < -0.4 is 10.1 Å². The molecular formula is C22H34N4O2S. The maximum Gasteiger partial charge on any atom is 0.230 e. The van der Waals surface area contributed by atoms with Gasteiger partial charge in [0.05, 0.1) is 12.9 Å². The fourth-order valence-corrected chi connectivity index (χ4v) is 3.74. The summed E-state index contributed by atoms with van der Waals surface area (Å²) in [6.07, 6.45) is 2.11. The van der Waals surface area contributed by atoms with E-state index in [1.165, 1.54) is 11.8 Å². The molecule has 0 saturated heterocycles. The second-order valence-corrected chi connectivity index (χ2v) is 9.21. The average molecular weight is 419 g/mol. The lowest BCUT2D eigenvalue weighted by molar-refractivity contribution is -0.119. The van der Waals surface area contributed by atoms with E-state index in [1.54, 1.807) is 7.11 Å². The molecule has 6 nitrogen and oxygen atoms in total. The summed E-state index contributed by atoms with van der Waals surface area (Å²) < 4.78 is 7.34. The van der Waals surface area contributed by atoms with Gasteiger partial charge in [-0.25, -0.2) is 0 Å². The zero-order valence-corrected chi connectivity index (χ0v) is 19.3. The van der Waals surface area contributed by atoms with Gasteiger partial charge in [-0.3, -0.25) is 4.79 Å². The molecule has 1 amide bonds. The molecule has 0 saturated carbocycles. The van der Waals surface area contributed by atoms with E-state index in [4.69, 9.17) is 4.74 Å². The van der Waals surface area contributed by atoms with Crippen molar-refractivity contribution in [1.29, 1.82) is 0 Å². The zero-order chi connectivity index (χ0) is 21.4.